The van der Waals surface area contributed by atoms with Crippen LogP contribution in [0.25, 0.3) is 11.1 Å². The lowest BCUT2D eigenvalue weighted by Crippen LogP contribution is -1.99. The van der Waals surface area contributed by atoms with Gasteiger partial charge in [-0.3, -0.25) is 4.68 Å². The van der Waals surface area contributed by atoms with Crippen molar-refractivity contribution in [3.8, 4) is 11.1 Å². The molecule has 0 saturated heterocycles. The van der Waals surface area contributed by atoms with Gasteiger partial charge in [0.15, 0.2) is 0 Å². The SMILES string of the molecule is OCCCn1cc(-c2cccc(Cl)c2)cn1. The molecular formula is C12H13ClN2O. The second kappa shape index (κ2) is 5.14. The lowest BCUT2D eigenvalue weighted by atomic mass is 10.1. The first-order chi connectivity index (χ1) is 7.79. The second-order valence-corrected chi connectivity index (χ2v) is 4.02. The zero-order valence-corrected chi connectivity index (χ0v) is 9.56. The van der Waals surface area contributed by atoms with Crippen LogP contribution in [0.1, 0.15) is 6.42 Å². The first-order valence-electron chi connectivity index (χ1n) is 5.19. The fourth-order valence-electron chi connectivity index (χ4n) is 1.54. The number of aliphatic hydroxyl groups is 1. The Morgan fingerprint density at radius 3 is 2.94 bits per heavy atom. The Morgan fingerprint density at radius 2 is 2.19 bits per heavy atom. The summed E-state index contributed by atoms with van der Waals surface area (Å²) in [5.74, 6) is 0. The molecule has 0 amide bonds. The minimum Gasteiger partial charge on any atom is -0.396 e. The van der Waals surface area contributed by atoms with Crippen molar-refractivity contribution in [3.63, 3.8) is 0 Å². The third-order valence-corrected chi connectivity index (χ3v) is 2.57. The highest BCUT2D eigenvalue weighted by Gasteiger charge is 2.01. The molecule has 1 aromatic carbocycles. The predicted octanol–water partition coefficient (Wildman–Crippen LogP) is 2.59. The molecule has 3 nitrogen and oxygen atoms in total. The first kappa shape index (κ1) is 11.2. The van der Waals surface area contributed by atoms with Crippen molar-refractivity contribution < 1.29 is 5.11 Å². The van der Waals surface area contributed by atoms with Gasteiger partial charge in [-0.15, -0.1) is 0 Å². The van der Waals surface area contributed by atoms with E-state index in [4.69, 9.17) is 16.7 Å². The van der Waals surface area contributed by atoms with Crippen LogP contribution in [-0.2, 0) is 6.54 Å². The number of hydrogen-bond donors (Lipinski definition) is 1. The first-order valence-corrected chi connectivity index (χ1v) is 5.56. The molecule has 0 aliphatic carbocycles. The monoisotopic (exact) mass is 236 g/mol. The van der Waals surface area contributed by atoms with Crippen molar-refractivity contribution in [1.29, 1.82) is 0 Å². The molecule has 0 bridgehead atoms. The lowest BCUT2D eigenvalue weighted by molar-refractivity contribution is 0.277. The quantitative estimate of drug-likeness (QED) is 0.886. The van der Waals surface area contributed by atoms with Crippen molar-refractivity contribution in [3.05, 3.63) is 41.7 Å². The van der Waals surface area contributed by atoms with E-state index in [2.05, 4.69) is 5.10 Å². The topological polar surface area (TPSA) is 38.0 Å². The van der Waals surface area contributed by atoms with Gasteiger partial charge in [0, 0.05) is 29.9 Å². The van der Waals surface area contributed by atoms with Gasteiger partial charge in [0.1, 0.15) is 0 Å². The Balaban J connectivity index is 2.18. The summed E-state index contributed by atoms with van der Waals surface area (Å²) in [6.45, 7) is 0.920. The normalized spacial score (nSPS) is 10.6. The summed E-state index contributed by atoms with van der Waals surface area (Å²) in [5.41, 5.74) is 2.10. The number of halogens is 1. The average Bonchev–Trinajstić information content (AvgIpc) is 2.75. The molecular weight excluding hydrogens is 224 g/mol. The molecule has 0 aliphatic heterocycles. The molecule has 4 heteroatoms. The molecule has 1 N–H and O–H groups in total. The van der Waals surface area contributed by atoms with Crippen molar-refractivity contribution in [2.24, 2.45) is 0 Å². The molecule has 2 aromatic rings. The van der Waals surface area contributed by atoms with Crippen LogP contribution in [0.5, 0.6) is 0 Å². The molecule has 2 rings (SSSR count). The molecule has 1 aromatic heterocycles. The smallest absolute Gasteiger partial charge is 0.0568 e. The number of hydrogen-bond acceptors (Lipinski definition) is 2. The summed E-state index contributed by atoms with van der Waals surface area (Å²) < 4.78 is 1.83. The molecule has 0 radical (unpaired) electrons. The van der Waals surface area contributed by atoms with Gasteiger partial charge < -0.3 is 5.11 Å². The van der Waals surface area contributed by atoms with E-state index in [1.165, 1.54) is 0 Å². The number of nitrogens with zero attached hydrogens (tertiary/aromatic N) is 2. The van der Waals surface area contributed by atoms with E-state index in [9.17, 15) is 0 Å². The molecule has 0 spiro atoms. The molecule has 84 valence electrons. The van der Waals surface area contributed by atoms with E-state index in [0.29, 0.717) is 0 Å². The molecule has 0 unspecified atom stereocenters. The third-order valence-electron chi connectivity index (χ3n) is 2.34. The van der Waals surface area contributed by atoms with Crippen molar-refractivity contribution in [2.45, 2.75) is 13.0 Å². The summed E-state index contributed by atoms with van der Waals surface area (Å²) in [6.07, 6.45) is 4.49. The second-order valence-electron chi connectivity index (χ2n) is 3.58. The van der Waals surface area contributed by atoms with Crippen molar-refractivity contribution in [2.75, 3.05) is 6.61 Å². The van der Waals surface area contributed by atoms with E-state index in [0.717, 1.165) is 29.1 Å². The number of aryl methyl sites for hydroxylation is 1. The molecule has 0 atom stereocenters. The average molecular weight is 237 g/mol. The summed E-state index contributed by atoms with van der Waals surface area (Å²) in [5, 5.41) is 13.7. The summed E-state index contributed by atoms with van der Waals surface area (Å²) in [6, 6.07) is 7.68. The maximum Gasteiger partial charge on any atom is 0.0568 e. The van der Waals surface area contributed by atoms with E-state index >= 15 is 0 Å². The number of aromatic nitrogens is 2. The molecule has 0 fully saturated rings. The summed E-state index contributed by atoms with van der Waals surface area (Å²) in [4.78, 5) is 0. The van der Waals surface area contributed by atoms with E-state index in [-0.39, 0.29) is 6.61 Å². The van der Waals surface area contributed by atoms with Crippen LogP contribution in [0.2, 0.25) is 5.02 Å². The minimum absolute atomic E-state index is 0.187. The van der Waals surface area contributed by atoms with Crippen LogP contribution >= 0.6 is 11.6 Å². The molecule has 0 aliphatic rings. The third kappa shape index (κ3) is 2.62. The maximum atomic E-state index is 8.73. The molecule has 1 heterocycles. The number of rotatable bonds is 4. The van der Waals surface area contributed by atoms with Crippen LogP contribution < -0.4 is 0 Å². The number of benzene rings is 1. The Labute approximate surface area is 99.3 Å². The largest absolute Gasteiger partial charge is 0.396 e. The van der Waals surface area contributed by atoms with Crippen LogP contribution in [-0.4, -0.2) is 21.5 Å². The van der Waals surface area contributed by atoms with Gasteiger partial charge in [-0.25, -0.2) is 0 Å². The predicted molar refractivity (Wildman–Crippen MR) is 64.4 cm³/mol. The number of aliphatic hydroxyl groups excluding tert-OH is 1. The van der Waals surface area contributed by atoms with Crippen LogP contribution in [0.3, 0.4) is 0 Å². The van der Waals surface area contributed by atoms with Gasteiger partial charge in [0.25, 0.3) is 0 Å². The summed E-state index contributed by atoms with van der Waals surface area (Å²) >= 11 is 5.92. The van der Waals surface area contributed by atoms with Gasteiger partial charge in [0.05, 0.1) is 6.20 Å². The summed E-state index contributed by atoms with van der Waals surface area (Å²) in [7, 11) is 0. The van der Waals surface area contributed by atoms with Crippen molar-refractivity contribution >= 4 is 11.6 Å². The lowest BCUT2D eigenvalue weighted by Gasteiger charge is -1.98. The molecule has 0 saturated carbocycles. The van der Waals surface area contributed by atoms with Crippen LogP contribution in [0, 0.1) is 0 Å². The fourth-order valence-corrected chi connectivity index (χ4v) is 1.73. The van der Waals surface area contributed by atoms with Gasteiger partial charge >= 0.3 is 0 Å². The van der Waals surface area contributed by atoms with Gasteiger partial charge in [-0.05, 0) is 24.1 Å². The van der Waals surface area contributed by atoms with Gasteiger partial charge in [-0.2, -0.15) is 5.10 Å². The standard InChI is InChI=1S/C12H13ClN2O/c13-12-4-1-3-10(7-12)11-8-14-15(9-11)5-2-6-16/h1,3-4,7-9,16H,2,5-6H2. The Bertz CT molecular complexity index is 468. The Kier molecular flexibility index (Phi) is 3.59. The van der Waals surface area contributed by atoms with Gasteiger partial charge in [-0.1, -0.05) is 23.7 Å². The zero-order valence-electron chi connectivity index (χ0n) is 8.81. The molecule has 16 heavy (non-hydrogen) atoms. The van der Waals surface area contributed by atoms with E-state index in [1.54, 1.807) is 0 Å². The highest BCUT2D eigenvalue weighted by Crippen LogP contribution is 2.21. The fraction of sp³-hybridized carbons (Fsp3) is 0.250. The Hall–Kier alpha value is -1.32. The highest BCUT2D eigenvalue weighted by atomic mass is 35.5. The Morgan fingerprint density at radius 1 is 1.31 bits per heavy atom. The zero-order chi connectivity index (χ0) is 11.4. The maximum absolute atomic E-state index is 8.73. The minimum atomic E-state index is 0.187. The highest BCUT2D eigenvalue weighted by molar-refractivity contribution is 6.30. The van der Waals surface area contributed by atoms with Gasteiger partial charge in [0.2, 0.25) is 0 Å². The van der Waals surface area contributed by atoms with Crippen molar-refractivity contribution in [1.82, 2.24) is 9.78 Å². The van der Waals surface area contributed by atoms with Crippen LogP contribution in [0.4, 0.5) is 0 Å². The van der Waals surface area contributed by atoms with E-state index in [1.807, 2.05) is 41.3 Å². The van der Waals surface area contributed by atoms with E-state index < -0.39 is 0 Å². The van der Waals surface area contributed by atoms with Crippen LogP contribution in [0.15, 0.2) is 36.7 Å².